The van der Waals surface area contributed by atoms with E-state index < -0.39 is 0 Å². The number of hydrogen-bond acceptors (Lipinski definition) is 3. The lowest BCUT2D eigenvalue weighted by atomic mass is 9.93. The van der Waals surface area contributed by atoms with Gasteiger partial charge in [0.25, 0.3) is 5.91 Å². The number of allylic oxidation sites excluding steroid dienone is 2. The van der Waals surface area contributed by atoms with E-state index in [0.29, 0.717) is 12.3 Å². The first-order valence-electron chi connectivity index (χ1n) is 7.28. The van der Waals surface area contributed by atoms with Crippen molar-refractivity contribution in [2.45, 2.75) is 45.6 Å². The molecule has 0 spiro atoms. The minimum Gasteiger partial charge on any atom is -0.477 e. The van der Waals surface area contributed by atoms with Gasteiger partial charge < -0.3 is 9.64 Å². The second-order valence-electron chi connectivity index (χ2n) is 5.91. The van der Waals surface area contributed by atoms with Gasteiger partial charge in [0, 0.05) is 10.4 Å². The van der Waals surface area contributed by atoms with Gasteiger partial charge >= 0.3 is 0 Å². The van der Waals surface area contributed by atoms with Crippen LogP contribution in [0.5, 0.6) is 0 Å². The third kappa shape index (κ3) is 3.38. The van der Waals surface area contributed by atoms with Crippen LogP contribution in [0.1, 0.15) is 44.9 Å². The second-order valence-corrected chi connectivity index (χ2v) is 6.86. The third-order valence-electron chi connectivity index (χ3n) is 3.92. The molecule has 0 atom stereocenters. The number of unbranched alkanes of at least 4 members (excludes halogenated alkanes) is 1. The van der Waals surface area contributed by atoms with E-state index >= 15 is 0 Å². The Hall–Kier alpha value is -1.55. The standard InChI is InChI=1S/C17H23NO2S/c1-5-6-7-10-17(3,4)18-12-20-13(2)15(16(18)19)14-9-8-11-21-14/h5,8-9,11H,1,6-7,10,12H2,2-4H3. The summed E-state index contributed by atoms with van der Waals surface area (Å²) in [6, 6.07) is 3.93. The zero-order chi connectivity index (χ0) is 15.5. The van der Waals surface area contributed by atoms with Crippen LogP contribution in [-0.4, -0.2) is 23.1 Å². The van der Waals surface area contributed by atoms with Gasteiger partial charge in [-0.1, -0.05) is 12.1 Å². The third-order valence-corrected chi connectivity index (χ3v) is 4.80. The number of carbonyl (C=O) groups is 1. The quantitative estimate of drug-likeness (QED) is 0.575. The minimum atomic E-state index is -0.219. The lowest BCUT2D eigenvalue weighted by molar-refractivity contribution is -0.139. The monoisotopic (exact) mass is 305 g/mol. The maximum Gasteiger partial charge on any atom is 0.261 e. The van der Waals surface area contributed by atoms with Crippen molar-refractivity contribution in [3.05, 3.63) is 40.8 Å². The number of amides is 1. The van der Waals surface area contributed by atoms with Crippen LogP contribution in [0, 0.1) is 0 Å². The van der Waals surface area contributed by atoms with E-state index in [4.69, 9.17) is 4.74 Å². The molecule has 0 aliphatic carbocycles. The van der Waals surface area contributed by atoms with E-state index in [1.807, 2.05) is 35.4 Å². The Bertz CT molecular complexity index is 543. The fraction of sp³-hybridized carbons (Fsp3) is 0.471. The van der Waals surface area contributed by atoms with Gasteiger partial charge in [0.15, 0.2) is 6.73 Å². The van der Waals surface area contributed by atoms with Gasteiger partial charge in [0.2, 0.25) is 0 Å². The largest absolute Gasteiger partial charge is 0.477 e. The average molecular weight is 305 g/mol. The van der Waals surface area contributed by atoms with Crippen LogP contribution in [0.25, 0.3) is 5.57 Å². The zero-order valence-corrected chi connectivity index (χ0v) is 13.8. The highest BCUT2D eigenvalue weighted by molar-refractivity contribution is 7.11. The van der Waals surface area contributed by atoms with Gasteiger partial charge in [-0.3, -0.25) is 4.79 Å². The molecule has 2 heterocycles. The normalized spacial score (nSPS) is 16.1. The molecule has 0 fully saturated rings. The molecule has 0 bridgehead atoms. The molecule has 21 heavy (non-hydrogen) atoms. The molecule has 2 rings (SSSR count). The maximum atomic E-state index is 12.9. The summed E-state index contributed by atoms with van der Waals surface area (Å²) in [7, 11) is 0. The lowest BCUT2D eigenvalue weighted by Crippen LogP contribution is -2.51. The lowest BCUT2D eigenvalue weighted by Gasteiger charge is -2.41. The Labute approximate surface area is 130 Å². The van der Waals surface area contributed by atoms with Gasteiger partial charge in [-0.25, -0.2) is 0 Å². The van der Waals surface area contributed by atoms with Crippen molar-refractivity contribution in [1.82, 2.24) is 4.90 Å². The Balaban J connectivity index is 2.21. The minimum absolute atomic E-state index is 0.0739. The first kappa shape index (κ1) is 15.8. The van der Waals surface area contributed by atoms with Crippen LogP contribution < -0.4 is 0 Å². The summed E-state index contributed by atoms with van der Waals surface area (Å²) < 4.78 is 5.76. The summed E-state index contributed by atoms with van der Waals surface area (Å²) in [6.07, 6.45) is 4.85. The number of thiophene rings is 1. The fourth-order valence-corrected chi connectivity index (χ4v) is 3.35. The molecule has 1 amide bonds. The summed E-state index contributed by atoms with van der Waals surface area (Å²) in [5.41, 5.74) is 0.483. The first-order valence-corrected chi connectivity index (χ1v) is 8.16. The summed E-state index contributed by atoms with van der Waals surface area (Å²) in [4.78, 5) is 15.7. The number of nitrogens with zero attached hydrogens (tertiary/aromatic N) is 1. The molecule has 0 N–H and O–H groups in total. The first-order chi connectivity index (χ1) is 9.97. The van der Waals surface area contributed by atoms with Crippen molar-refractivity contribution in [3.8, 4) is 0 Å². The van der Waals surface area contributed by atoms with Crippen LogP contribution in [-0.2, 0) is 9.53 Å². The molecule has 0 radical (unpaired) electrons. The molecule has 114 valence electrons. The summed E-state index contributed by atoms with van der Waals surface area (Å²) >= 11 is 1.57. The van der Waals surface area contributed by atoms with E-state index in [1.165, 1.54) is 0 Å². The smallest absolute Gasteiger partial charge is 0.261 e. The molecular weight excluding hydrogens is 282 g/mol. The number of rotatable bonds is 6. The Kier molecular flexibility index (Phi) is 4.88. The number of carbonyl (C=O) groups excluding carboxylic acids is 1. The van der Waals surface area contributed by atoms with Crippen LogP contribution >= 0.6 is 11.3 Å². The molecule has 0 unspecified atom stereocenters. The van der Waals surface area contributed by atoms with E-state index in [0.717, 1.165) is 29.9 Å². The predicted octanol–water partition coefficient (Wildman–Crippen LogP) is 4.43. The predicted molar refractivity (Wildman–Crippen MR) is 87.8 cm³/mol. The topological polar surface area (TPSA) is 29.5 Å². The molecular formula is C17H23NO2S. The van der Waals surface area contributed by atoms with E-state index in [1.54, 1.807) is 11.3 Å². The molecule has 1 aromatic rings. The molecule has 0 saturated heterocycles. The second kappa shape index (κ2) is 6.48. The SMILES string of the molecule is C=CCCCC(C)(C)N1COC(C)=C(c2cccs2)C1=O. The Morgan fingerprint density at radius 2 is 2.29 bits per heavy atom. The van der Waals surface area contributed by atoms with Gasteiger partial charge in [0.05, 0.1) is 5.57 Å². The molecule has 4 heteroatoms. The summed E-state index contributed by atoms with van der Waals surface area (Å²) in [5.74, 6) is 0.797. The van der Waals surface area contributed by atoms with Crippen molar-refractivity contribution in [2.24, 2.45) is 0 Å². The van der Waals surface area contributed by atoms with Crippen molar-refractivity contribution >= 4 is 22.8 Å². The van der Waals surface area contributed by atoms with Crippen LogP contribution in [0.4, 0.5) is 0 Å². The molecule has 0 saturated carbocycles. The van der Waals surface area contributed by atoms with Crippen molar-refractivity contribution in [3.63, 3.8) is 0 Å². The fourth-order valence-electron chi connectivity index (χ4n) is 2.54. The Morgan fingerprint density at radius 1 is 1.52 bits per heavy atom. The highest BCUT2D eigenvalue weighted by Crippen LogP contribution is 2.34. The zero-order valence-electron chi connectivity index (χ0n) is 13.0. The van der Waals surface area contributed by atoms with Gasteiger partial charge in [-0.2, -0.15) is 0 Å². The summed E-state index contributed by atoms with van der Waals surface area (Å²) in [6.45, 7) is 10.2. The Morgan fingerprint density at radius 3 is 2.90 bits per heavy atom. The molecule has 0 aromatic carbocycles. The van der Waals surface area contributed by atoms with E-state index in [9.17, 15) is 4.79 Å². The molecule has 3 nitrogen and oxygen atoms in total. The summed E-state index contributed by atoms with van der Waals surface area (Å²) in [5, 5.41) is 1.98. The van der Waals surface area contributed by atoms with Crippen LogP contribution in [0.15, 0.2) is 35.9 Å². The highest BCUT2D eigenvalue weighted by atomic mass is 32.1. The van der Waals surface area contributed by atoms with Gasteiger partial charge in [-0.05, 0) is 51.5 Å². The van der Waals surface area contributed by atoms with E-state index in [2.05, 4.69) is 20.4 Å². The van der Waals surface area contributed by atoms with Gasteiger partial charge in [-0.15, -0.1) is 17.9 Å². The average Bonchev–Trinajstić information content (AvgIpc) is 2.92. The highest BCUT2D eigenvalue weighted by Gasteiger charge is 2.37. The molecule has 1 aliphatic rings. The molecule has 1 aliphatic heterocycles. The van der Waals surface area contributed by atoms with Crippen LogP contribution in [0.3, 0.4) is 0 Å². The molecule has 1 aromatic heterocycles. The van der Waals surface area contributed by atoms with Crippen LogP contribution in [0.2, 0.25) is 0 Å². The van der Waals surface area contributed by atoms with Crippen molar-refractivity contribution < 1.29 is 9.53 Å². The van der Waals surface area contributed by atoms with Crippen molar-refractivity contribution in [2.75, 3.05) is 6.73 Å². The maximum absolute atomic E-state index is 12.9. The number of hydrogen-bond donors (Lipinski definition) is 0. The van der Waals surface area contributed by atoms with Gasteiger partial charge in [0.1, 0.15) is 5.76 Å². The van der Waals surface area contributed by atoms with Crippen molar-refractivity contribution in [1.29, 1.82) is 0 Å². The van der Waals surface area contributed by atoms with E-state index in [-0.39, 0.29) is 11.4 Å². The number of ether oxygens (including phenoxy) is 1.